The standard InChI is InChI=1S/C18H19N3O2/c1-3-4-10-21-17(22)15(11-19)13(2)16(18(21)23)12-20-14-8-6-5-7-9-14/h5-9,12,20H,3-4,10H2,1-2H3. The van der Waals surface area contributed by atoms with Crippen LogP contribution in [0.2, 0.25) is 0 Å². The van der Waals surface area contributed by atoms with Gasteiger partial charge >= 0.3 is 0 Å². The van der Waals surface area contributed by atoms with Crippen LogP contribution in [0.4, 0.5) is 5.69 Å². The van der Waals surface area contributed by atoms with Crippen molar-refractivity contribution in [3.8, 4) is 6.07 Å². The number of nitrogens with zero attached hydrogens (tertiary/aromatic N) is 2. The minimum Gasteiger partial charge on any atom is -0.361 e. The Balaban J connectivity index is 2.36. The molecule has 118 valence electrons. The Morgan fingerprint density at radius 3 is 2.52 bits per heavy atom. The van der Waals surface area contributed by atoms with Crippen molar-refractivity contribution < 1.29 is 9.59 Å². The summed E-state index contributed by atoms with van der Waals surface area (Å²) in [5.41, 5.74) is 1.62. The third kappa shape index (κ3) is 3.49. The van der Waals surface area contributed by atoms with Gasteiger partial charge in [0.25, 0.3) is 11.8 Å². The topological polar surface area (TPSA) is 73.2 Å². The van der Waals surface area contributed by atoms with E-state index in [0.29, 0.717) is 24.1 Å². The number of para-hydroxylation sites is 1. The largest absolute Gasteiger partial charge is 0.361 e. The number of hydrogen-bond acceptors (Lipinski definition) is 4. The molecule has 2 amide bonds. The van der Waals surface area contributed by atoms with E-state index in [1.54, 1.807) is 13.1 Å². The summed E-state index contributed by atoms with van der Waals surface area (Å²) in [5.74, 6) is -0.858. The summed E-state index contributed by atoms with van der Waals surface area (Å²) in [4.78, 5) is 26.0. The number of benzene rings is 1. The Hall–Kier alpha value is -2.87. The Morgan fingerprint density at radius 1 is 1.22 bits per heavy atom. The van der Waals surface area contributed by atoms with E-state index in [1.807, 2.05) is 43.3 Å². The fraction of sp³-hybridized carbons (Fsp3) is 0.278. The van der Waals surface area contributed by atoms with Crippen LogP contribution in [0.15, 0.2) is 53.3 Å². The van der Waals surface area contributed by atoms with Gasteiger partial charge in [0.05, 0.1) is 5.57 Å². The zero-order chi connectivity index (χ0) is 16.8. The Morgan fingerprint density at radius 2 is 1.91 bits per heavy atom. The minimum absolute atomic E-state index is 0.0295. The minimum atomic E-state index is -0.500. The van der Waals surface area contributed by atoms with Crippen molar-refractivity contribution in [1.29, 1.82) is 5.26 Å². The van der Waals surface area contributed by atoms with E-state index in [0.717, 1.165) is 17.0 Å². The fourth-order valence-corrected chi connectivity index (χ4v) is 2.34. The second kappa shape index (κ2) is 7.41. The van der Waals surface area contributed by atoms with Gasteiger partial charge in [0, 0.05) is 18.4 Å². The summed E-state index contributed by atoms with van der Waals surface area (Å²) in [6.45, 7) is 3.94. The van der Waals surface area contributed by atoms with Crippen LogP contribution >= 0.6 is 0 Å². The molecule has 1 heterocycles. The van der Waals surface area contributed by atoms with Crippen molar-refractivity contribution in [3.63, 3.8) is 0 Å². The highest BCUT2D eigenvalue weighted by Gasteiger charge is 2.34. The first-order chi connectivity index (χ1) is 11.1. The van der Waals surface area contributed by atoms with Gasteiger partial charge in [-0.15, -0.1) is 0 Å². The van der Waals surface area contributed by atoms with Gasteiger partial charge in [-0.2, -0.15) is 5.26 Å². The van der Waals surface area contributed by atoms with E-state index in [2.05, 4.69) is 5.32 Å². The van der Waals surface area contributed by atoms with Gasteiger partial charge in [-0.25, -0.2) is 0 Å². The molecule has 2 rings (SSSR count). The Kier molecular flexibility index (Phi) is 5.32. The van der Waals surface area contributed by atoms with Crippen molar-refractivity contribution in [3.05, 3.63) is 53.3 Å². The smallest absolute Gasteiger partial charge is 0.271 e. The van der Waals surface area contributed by atoms with Crippen molar-refractivity contribution >= 4 is 17.5 Å². The predicted octanol–water partition coefficient (Wildman–Crippen LogP) is 2.99. The third-order valence-corrected chi connectivity index (χ3v) is 3.72. The number of carbonyl (C=O) groups is 2. The molecule has 0 aromatic heterocycles. The summed E-state index contributed by atoms with van der Waals surface area (Å²) in [6, 6.07) is 11.3. The number of imide groups is 1. The zero-order valence-corrected chi connectivity index (χ0v) is 13.3. The van der Waals surface area contributed by atoms with Crippen LogP contribution in [0, 0.1) is 11.3 Å². The molecule has 0 saturated carbocycles. The molecule has 1 aliphatic heterocycles. The van der Waals surface area contributed by atoms with Crippen LogP contribution < -0.4 is 5.32 Å². The molecule has 1 aromatic carbocycles. The molecular formula is C18H19N3O2. The second-order valence-electron chi connectivity index (χ2n) is 5.30. The highest BCUT2D eigenvalue weighted by molar-refractivity contribution is 6.18. The lowest BCUT2D eigenvalue weighted by atomic mass is 9.96. The van der Waals surface area contributed by atoms with Crippen molar-refractivity contribution in [2.45, 2.75) is 26.7 Å². The average Bonchev–Trinajstić information content (AvgIpc) is 2.56. The van der Waals surface area contributed by atoms with Gasteiger partial charge in [-0.05, 0) is 31.1 Å². The molecule has 5 nitrogen and oxygen atoms in total. The number of amides is 2. The van der Waals surface area contributed by atoms with Gasteiger partial charge < -0.3 is 5.32 Å². The molecule has 0 spiro atoms. The van der Waals surface area contributed by atoms with E-state index < -0.39 is 5.91 Å². The highest BCUT2D eigenvalue weighted by Crippen LogP contribution is 2.25. The van der Waals surface area contributed by atoms with Gasteiger partial charge in [-0.1, -0.05) is 31.5 Å². The number of anilines is 1. The van der Waals surface area contributed by atoms with Crippen LogP contribution in [-0.2, 0) is 9.59 Å². The molecule has 1 aliphatic rings. The molecule has 0 unspecified atom stereocenters. The molecule has 0 fully saturated rings. The van der Waals surface area contributed by atoms with Crippen molar-refractivity contribution in [2.75, 3.05) is 11.9 Å². The second-order valence-corrected chi connectivity index (χ2v) is 5.30. The van der Waals surface area contributed by atoms with Gasteiger partial charge in [0.1, 0.15) is 11.6 Å². The maximum absolute atomic E-state index is 12.6. The lowest BCUT2D eigenvalue weighted by Crippen LogP contribution is -2.43. The van der Waals surface area contributed by atoms with E-state index in [4.69, 9.17) is 0 Å². The van der Waals surface area contributed by atoms with Crippen LogP contribution in [0.1, 0.15) is 26.7 Å². The molecule has 0 radical (unpaired) electrons. The molecule has 0 saturated heterocycles. The van der Waals surface area contributed by atoms with Gasteiger partial charge in [0.2, 0.25) is 0 Å². The van der Waals surface area contributed by atoms with Crippen LogP contribution in [0.25, 0.3) is 0 Å². The monoisotopic (exact) mass is 309 g/mol. The van der Waals surface area contributed by atoms with E-state index in [-0.39, 0.29) is 11.5 Å². The molecule has 23 heavy (non-hydrogen) atoms. The maximum Gasteiger partial charge on any atom is 0.271 e. The Bertz CT molecular complexity index is 712. The number of hydrogen-bond donors (Lipinski definition) is 1. The number of nitrogens with one attached hydrogen (secondary N) is 1. The van der Waals surface area contributed by atoms with E-state index in [9.17, 15) is 14.9 Å². The number of nitriles is 1. The summed E-state index contributed by atoms with van der Waals surface area (Å²) in [5, 5.41) is 12.3. The molecule has 1 aromatic rings. The van der Waals surface area contributed by atoms with Crippen LogP contribution in [0.3, 0.4) is 0 Å². The maximum atomic E-state index is 12.6. The Labute approximate surface area is 135 Å². The lowest BCUT2D eigenvalue weighted by Gasteiger charge is -2.27. The number of unbranched alkanes of at least 4 members (excludes halogenated alkanes) is 1. The first kappa shape index (κ1) is 16.5. The molecule has 0 atom stereocenters. The van der Waals surface area contributed by atoms with Gasteiger partial charge in [-0.3, -0.25) is 14.5 Å². The van der Waals surface area contributed by atoms with Crippen LogP contribution in [-0.4, -0.2) is 23.3 Å². The van der Waals surface area contributed by atoms with E-state index in [1.165, 1.54) is 0 Å². The average molecular weight is 309 g/mol. The van der Waals surface area contributed by atoms with Crippen molar-refractivity contribution in [1.82, 2.24) is 4.90 Å². The predicted molar refractivity (Wildman–Crippen MR) is 88.1 cm³/mol. The summed E-state index contributed by atoms with van der Waals surface area (Å²) < 4.78 is 0. The third-order valence-electron chi connectivity index (χ3n) is 3.72. The number of rotatable bonds is 5. The zero-order valence-electron chi connectivity index (χ0n) is 13.3. The molecule has 0 aliphatic carbocycles. The van der Waals surface area contributed by atoms with Crippen molar-refractivity contribution in [2.24, 2.45) is 0 Å². The fourth-order valence-electron chi connectivity index (χ4n) is 2.34. The van der Waals surface area contributed by atoms with Gasteiger partial charge in [0.15, 0.2) is 0 Å². The number of carbonyl (C=O) groups excluding carboxylic acids is 2. The van der Waals surface area contributed by atoms with Crippen LogP contribution in [0.5, 0.6) is 0 Å². The normalized spacial score (nSPS) is 16.7. The molecule has 1 N–H and O–H groups in total. The SMILES string of the molecule is CCCCN1C(=O)C(=CNc2ccccc2)C(C)=C(C#N)C1=O. The summed E-state index contributed by atoms with van der Waals surface area (Å²) in [7, 11) is 0. The summed E-state index contributed by atoms with van der Waals surface area (Å²) >= 11 is 0. The first-order valence-corrected chi connectivity index (χ1v) is 7.59. The first-order valence-electron chi connectivity index (χ1n) is 7.59. The quantitative estimate of drug-likeness (QED) is 0.670. The molecular weight excluding hydrogens is 290 g/mol. The molecule has 0 bridgehead atoms. The van der Waals surface area contributed by atoms with E-state index >= 15 is 0 Å². The molecule has 5 heteroatoms. The highest BCUT2D eigenvalue weighted by atomic mass is 16.2. The lowest BCUT2D eigenvalue weighted by molar-refractivity contribution is -0.140. The summed E-state index contributed by atoms with van der Waals surface area (Å²) in [6.07, 6.45) is 3.15.